The first-order valence-electron chi connectivity index (χ1n) is 4.36. The largest absolute Gasteiger partial charge is 0.396 e. The topological polar surface area (TPSA) is 20.2 Å². The Balaban J connectivity index is 2.42. The molecule has 0 aliphatic heterocycles. The van der Waals surface area contributed by atoms with Crippen LogP contribution in [-0.2, 0) is 5.75 Å². The number of halogens is 2. The molecule has 1 nitrogen and oxygen atoms in total. The minimum atomic E-state index is -0.256. The Morgan fingerprint density at radius 3 is 2.86 bits per heavy atom. The summed E-state index contributed by atoms with van der Waals surface area (Å²) in [5, 5.41) is 8.97. The normalized spacial score (nSPS) is 10.5. The van der Waals surface area contributed by atoms with Crippen molar-refractivity contribution < 1.29 is 9.50 Å². The zero-order valence-electron chi connectivity index (χ0n) is 7.67. The SMILES string of the molecule is OCCCSCc1ccc(Cl)cc1F. The molecule has 0 radical (unpaired) electrons. The fourth-order valence-electron chi connectivity index (χ4n) is 0.987. The highest BCUT2D eigenvalue weighted by Gasteiger charge is 2.02. The fourth-order valence-corrected chi connectivity index (χ4v) is 2.08. The number of hydrogen-bond donors (Lipinski definition) is 1. The van der Waals surface area contributed by atoms with E-state index in [1.54, 1.807) is 23.9 Å². The van der Waals surface area contributed by atoms with Crippen LogP contribution in [0.1, 0.15) is 12.0 Å². The smallest absolute Gasteiger partial charge is 0.128 e. The van der Waals surface area contributed by atoms with Crippen molar-refractivity contribution in [1.29, 1.82) is 0 Å². The second-order valence-corrected chi connectivity index (χ2v) is 4.41. The van der Waals surface area contributed by atoms with E-state index < -0.39 is 0 Å². The van der Waals surface area contributed by atoms with Crippen LogP contribution in [0.4, 0.5) is 4.39 Å². The van der Waals surface area contributed by atoms with Crippen molar-refractivity contribution in [2.75, 3.05) is 12.4 Å². The van der Waals surface area contributed by atoms with Crippen LogP contribution in [0.3, 0.4) is 0 Å². The monoisotopic (exact) mass is 234 g/mol. The molecular weight excluding hydrogens is 223 g/mol. The van der Waals surface area contributed by atoms with Gasteiger partial charge in [-0.15, -0.1) is 0 Å². The van der Waals surface area contributed by atoms with Gasteiger partial charge in [-0.1, -0.05) is 17.7 Å². The molecule has 0 aromatic heterocycles. The molecule has 1 aromatic rings. The predicted octanol–water partition coefficient (Wildman–Crippen LogP) is 3.09. The Morgan fingerprint density at radius 1 is 1.43 bits per heavy atom. The van der Waals surface area contributed by atoms with E-state index in [9.17, 15) is 4.39 Å². The van der Waals surface area contributed by atoms with Gasteiger partial charge in [-0.3, -0.25) is 0 Å². The first-order valence-corrected chi connectivity index (χ1v) is 5.90. The summed E-state index contributed by atoms with van der Waals surface area (Å²) in [5.74, 6) is 1.22. The summed E-state index contributed by atoms with van der Waals surface area (Å²) >= 11 is 7.23. The van der Waals surface area contributed by atoms with Gasteiger partial charge in [-0.2, -0.15) is 11.8 Å². The van der Waals surface area contributed by atoms with E-state index in [-0.39, 0.29) is 12.4 Å². The Morgan fingerprint density at radius 2 is 2.21 bits per heavy atom. The van der Waals surface area contributed by atoms with Crippen molar-refractivity contribution in [3.63, 3.8) is 0 Å². The molecule has 0 fully saturated rings. The van der Waals surface area contributed by atoms with E-state index in [4.69, 9.17) is 16.7 Å². The lowest BCUT2D eigenvalue weighted by Gasteiger charge is -2.02. The first kappa shape index (κ1) is 11.8. The standard InChI is InChI=1S/C10H12ClFOS/c11-9-3-2-8(10(12)6-9)7-14-5-1-4-13/h2-3,6,13H,1,4-5,7H2. The van der Waals surface area contributed by atoms with Gasteiger partial charge in [-0.25, -0.2) is 4.39 Å². The molecular formula is C10H12ClFOS. The molecule has 0 saturated heterocycles. The third kappa shape index (κ3) is 3.86. The number of hydrogen-bond acceptors (Lipinski definition) is 2. The van der Waals surface area contributed by atoms with E-state index in [1.807, 2.05) is 0 Å². The van der Waals surface area contributed by atoms with Crippen LogP contribution < -0.4 is 0 Å². The lowest BCUT2D eigenvalue weighted by molar-refractivity contribution is 0.296. The van der Waals surface area contributed by atoms with Crippen LogP contribution in [0.5, 0.6) is 0 Å². The van der Waals surface area contributed by atoms with Gasteiger partial charge < -0.3 is 5.11 Å². The fraction of sp³-hybridized carbons (Fsp3) is 0.400. The second-order valence-electron chi connectivity index (χ2n) is 2.87. The van der Waals surface area contributed by atoms with Crippen molar-refractivity contribution in [3.8, 4) is 0 Å². The summed E-state index contributed by atoms with van der Waals surface area (Å²) < 4.78 is 13.2. The summed E-state index contributed by atoms with van der Waals surface area (Å²) in [6.07, 6.45) is 0.750. The van der Waals surface area contributed by atoms with Gasteiger partial charge in [0.2, 0.25) is 0 Å². The Labute approximate surface area is 92.3 Å². The van der Waals surface area contributed by atoms with E-state index >= 15 is 0 Å². The summed E-state index contributed by atoms with van der Waals surface area (Å²) in [6, 6.07) is 4.71. The highest BCUT2D eigenvalue weighted by molar-refractivity contribution is 7.98. The molecule has 4 heteroatoms. The minimum absolute atomic E-state index is 0.191. The molecule has 0 amide bonds. The Kier molecular flexibility index (Phi) is 5.30. The average molecular weight is 235 g/mol. The highest BCUT2D eigenvalue weighted by Crippen LogP contribution is 2.19. The maximum absolute atomic E-state index is 13.2. The van der Waals surface area contributed by atoms with E-state index in [1.165, 1.54) is 6.07 Å². The van der Waals surface area contributed by atoms with Gasteiger partial charge in [0.05, 0.1) is 0 Å². The van der Waals surface area contributed by atoms with E-state index in [2.05, 4.69) is 0 Å². The quantitative estimate of drug-likeness (QED) is 0.791. The third-order valence-corrected chi connectivity index (χ3v) is 3.05. The zero-order chi connectivity index (χ0) is 10.4. The van der Waals surface area contributed by atoms with Crippen molar-refractivity contribution in [1.82, 2.24) is 0 Å². The number of thioether (sulfide) groups is 1. The summed E-state index contributed by atoms with van der Waals surface area (Å²) in [6.45, 7) is 0.191. The molecule has 78 valence electrons. The lowest BCUT2D eigenvalue weighted by atomic mass is 10.2. The second kappa shape index (κ2) is 6.27. The number of aliphatic hydroxyl groups excluding tert-OH is 1. The first-order chi connectivity index (χ1) is 6.74. The van der Waals surface area contributed by atoms with Crippen LogP contribution >= 0.6 is 23.4 Å². The van der Waals surface area contributed by atoms with Gasteiger partial charge in [0.25, 0.3) is 0 Å². The molecule has 14 heavy (non-hydrogen) atoms. The minimum Gasteiger partial charge on any atom is -0.396 e. The van der Waals surface area contributed by atoms with E-state index in [0.717, 1.165) is 12.2 Å². The molecule has 1 rings (SSSR count). The molecule has 0 aliphatic rings. The van der Waals surface area contributed by atoms with Crippen LogP contribution in [0.15, 0.2) is 18.2 Å². The highest BCUT2D eigenvalue weighted by atomic mass is 35.5. The van der Waals surface area contributed by atoms with Crippen molar-refractivity contribution >= 4 is 23.4 Å². The molecule has 0 heterocycles. The van der Waals surface area contributed by atoms with E-state index in [0.29, 0.717) is 16.3 Å². The van der Waals surface area contributed by atoms with Gasteiger partial charge in [-0.05, 0) is 29.9 Å². The molecule has 0 bridgehead atoms. The molecule has 1 N–H and O–H groups in total. The van der Waals surface area contributed by atoms with Gasteiger partial charge >= 0.3 is 0 Å². The number of aliphatic hydroxyl groups is 1. The molecule has 0 unspecified atom stereocenters. The summed E-state index contributed by atoms with van der Waals surface area (Å²) in [5.41, 5.74) is 0.664. The van der Waals surface area contributed by atoms with Crippen molar-refractivity contribution in [3.05, 3.63) is 34.6 Å². The predicted molar refractivity (Wildman–Crippen MR) is 59.3 cm³/mol. The number of rotatable bonds is 5. The Bertz CT molecular complexity index is 293. The maximum Gasteiger partial charge on any atom is 0.128 e. The molecule has 0 aliphatic carbocycles. The maximum atomic E-state index is 13.2. The van der Waals surface area contributed by atoms with Crippen LogP contribution in [-0.4, -0.2) is 17.5 Å². The summed E-state index contributed by atoms with van der Waals surface area (Å²) in [4.78, 5) is 0. The summed E-state index contributed by atoms with van der Waals surface area (Å²) in [7, 11) is 0. The van der Waals surface area contributed by atoms with Crippen LogP contribution in [0.25, 0.3) is 0 Å². The Hall–Kier alpha value is -0.250. The average Bonchev–Trinajstić information content (AvgIpc) is 2.15. The van der Waals surface area contributed by atoms with Gasteiger partial charge in [0, 0.05) is 17.4 Å². The van der Waals surface area contributed by atoms with Crippen LogP contribution in [0.2, 0.25) is 5.02 Å². The van der Waals surface area contributed by atoms with Crippen LogP contribution in [0, 0.1) is 5.82 Å². The molecule has 0 saturated carbocycles. The molecule has 1 aromatic carbocycles. The van der Waals surface area contributed by atoms with Crippen molar-refractivity contribution in [2.24, 2.45) is 0 Å². The number of benzene rings is 1. The lowest BCUT2D eigenvalue weighted by Crippen LogP contribution is -1.90. The zero-order valence-corrected chi connectivity index (χ0v) is 9.24. The van der Waals surface area contributed by atoms with Crippen molar-refractivity contribution in [2.45, 2.75) is 12.2 Å². The third-order valence-electron chi connectivity index (χ3n) is 1.72. The molecule has 0 spiro atoms. The van der Waals surface area contributed by atoms with Gasteiger partial charge in [0.1, 0.15) is 5.82 Å². The van der Waals surface area contributed by atoms with Gasteiger partial charge in [0.15, 0.2) is 0 Å². The molecule has 0 atom stereocenters.